The van der Waals surface area contributed by atoms with Gasteiger partial charge in [0.25, 0.3) is 0 Å². The van der Waals surface area contributed by atoms with Crippen LogP contribution >= 0.6 is 15.9 Å². The van der Waals surface area contributed by atoms with E-state index in [4.69, 9.17) is 4.74 Å². The Kier molecular flexibility index (Phi) is 5.06. The standard InChI is InChI=1S/C21H17BrN2O/c1-15-10-16(11-18(13-23)17-4-3-5-19(22)12-17)14-24(15)20-6-8-21(25-2)9-7-20/h3-12,14H,1-2H3/b18-11+. The lowest BCUT2D eigenvalue weighted by Gasteiger charge is -2.06. The van der Waals surface area contributed by atoms with Gasteiger partial charge in [-0.25, -0.2) is 0 Å². The molecule has 1 aromatic heterocycles. The molecule has 0 aliphatic carbocycles. The van der Waals surface area contributed by atoms with E-state index in [0.29, 0.717) is 5.57 Å². The van der Waals surface area contributed by atoms with Crippen LogP contribution in [0.2, 0.25) is 0 Å². The van der Waals surface area contributed by atoms with E-state index in [1.54, 1.807) is 7.11 Å². The molecule has 0 N–H and O–H groups in total. The molecule has 0 fully saturated rings. The second-order valence-corrected chi connectivity index (χ2v) is 6.58. The van der Waals surface area contributed by atoms with Gasteiger partial charge in [-0.1, -0.05) is 28.1 Å². The van der Waals surface area contributed by atoms with Crippen LogP contribution in [-0.4, -0.2) is 11.7 Å². The van der Waals surface area contributed by atoms with Gasteiger partial charge in [0.15, 0.2) is 0 Å². The number of ether oxygens (including phenoxy) is 1. The van der Waals surface area contributed by atoms with Crippen LogP contribution in [-0.2, 0) is 0 Å². The molecule has 0 atom stereocenters. The first-order valence-corrected chi connectivity index (χ1v) is 8.61. The second kappa shape index (κ2) is 7.42. The lowest BCUT2D eigenvalue weighted by Crippen LogP contribution is -1.94. The van der Waals surface area contributed by atoms with Crippen molar-refractivity contribution in [2.75, 3.05) is 7.11 Å². The molecule has 0 saturated carbocycles. The molecule has 0 amide bonds. The predicted octanol–water partition coefficient (Wildman–Crippen LogP) is 5.62. The fourth-order valence-electron chi connectivity index (χ4n) is 2.70. The van der Waals surface area contributed by atoms with Crippen LogP contribution in [0.1, 0.15) is 16.8 Å². The minimum atomic E-state index is 0.633. The van der Waals surface area contributed by atoms with Gasteiger partial charge in [-0.05, 0) is 66.6 Å². The highest BCUT2D eigenvalue weighted by molar-refractivity contribution is 9.10. The average Bonchev–Trinajstić information content (AvgIpc) is 3.00. The third-order valence-electron chi connectivity index (χ3n) is 3.95. The maximum absolute atomic E-state index is 9.53. The van der Waals surface area contributed by atoms with Gasteiger partial charge in [-0.3, -0.25) is 0 Å². The summed E-state index contributed by atoms with van der Waals surface area (Å²) in [6.07, 6.45) is 3.95. The van der Waals surface area contributed by atoms with Crippen LogP contribution in [0.5, 0.6) is 5.75 Å². The number of nitrogens with zero attached hydrogens (tertiary/aromatic N) is 2. The molecule has 0 radical (unpaired) electrons. The monoisotopic (exact) mass is 392 g/mol. The number of allylic oxidation sites excluding steroid dienone is 1. The molecule has 3 nitrogen and oxygen atoms in total. The number of hydrogen-bond donors (Lipinski definition) is 0. The van der Waals surface area contributed by atoms with E-state index in [1.165, 1.54) is 0 Å². The molecule has 0 aliphatic rings. The van der Waals surface area contributed by atoms with Crippen molar-refractivity contribution in [3.8, 4) is 17.5 Å². The minimum absolute atomic E-state index is 0.633. The fraction of sp³-hybridized carbons (Fsp3) is 0.0952. The maximum Gasteiger partial charge on any atom is 0.119 e. The molecule has 0 spiro atoms. The molecule has 3 aromatic rings. The van der Waals surface area contributed by atoms with Crippen LogP contribution in [0.4, 0.5) is 0 Å². The van der Waals surface area contributed by atoms with Crippen molar-refractivity contribution in [1.29, 1.82) is 5.26 Å². The van der Waals surface area contributed by atoms with Crippen molar-refractivity contribution in [1.82, 2.24) is 4.57 Å². The molecule has 0 aliphatic heterocycles. The van der Waals surface area contributed by atoms with Crippen molar-refractivity contribution >= 4 is 27.6 Å². The van der Waals surface area contributed by atoms with Crippen LogP contribution in [0.25, 0.3) is 17.3 Å². The first kappa shape index (κ1) is 17.1. The SMILES string of the molecule is COc1ccc(-n2cc(/C=C(\C#N)c3cccc(Br)c3)cc2C)cc1. The molecule has 25 heavy (non-hydrogen) atoms. The fourth-order valence-corrected chi connectivity index (χ4v) is 3.10. The van der Waals surface area contributed by atoms with Gasteiger partial charge in [0.1, 0.15) is 5.75 Å². The molecule has 1 heterocycles. The third-order valence-corrected chi connectivity index (χ3v) is 4.44. The zero-order valence-corrected chi connectivity index (χ0v) is 15.6. The van der Waals surface area contributed by atoms with Crippen LogP contribution in [0.3, 0.4) is 0 Å². The smallest absolute Gasteiger partial charge is 0.119 e. The summed E-state index contributed by atoms with van der Waals surface area (Å²) in [6.45, 7) is 2.05. The lowest BCUT2D eigenvalue weighted by atomic mass is 10.1. The Morgan fingerprint density at radius 2 is 1.92 bits per heavy atom. The highest BCUT2D eigenvalue weighted by Crippen LogP contribution is 2.24. The molecule has 0 saturated heterocycles. The van der Waals surface area contributed by atoms with Crippen LogP contribution in [0, 0.1) is 18.3 Å². The molecule has 0 unspecified atom stereocenters. The number of hydrogen-bond acceptors (Lipinski definition) is 2. The molecule has 3 rings (SSSR count). The molecule has 124 valence electrons. The Morgan fingerprint density at radius 3 is 2.56 bits per heavy atom. The van der Waals surface area contributed by atoms with Crippen molar-refractivity contribution in [3.63, 3.8) is 0 Å². The van der Waals surface area contributed by atoms with Gasteiger partial charge in [0.05, 0.1) is 18.8 Å². The van der Waals surface area contributed by atoms with Gasteiger partial charge in [0.2, 0.25) is 0 Å². The minimum Gasteiger partial charge on any atom is -0.497 e. The van der Waals surface area contributed by atoms with Crippen molar-refractivity contribution < 1.29 is 4.74 Å². The van der Waals surface area contributed by atoms with E-state index in [2.05, 4.69) is 32.6 Å². The number of aryl methyl sites for hydroxylation is 1. The molecule has 2 aromatic carbocycles. The summed E-state index contributed by atoms with van der Waals surface area (Å²) in [5.41, 5.74) is 4.67. The summed E-state index contributed by atoms with van der Waals surface area (Å²) in [4.78, 5) is 0. The van der Waals surface area contributed by atoms with Gasteiger partial charge < -0.3 is 9.30 Å². The lowest BCUT2D eigenvalue weighted by molar-refractivity contribution is 0.414. The highest BCUT2D eigenvalue weighted by atomic mass is 79.9. The Hall–Kier alpha value is -2.77. The predicted molar refractivity (Wildman–Crippen MR) is 105 cm³/mol. The molecule has 4 heteroatoms. The average molecular weight is 393 g/mol. The van der Waals surface area contributed by atoms with E-state index < -0.39 is 0 Å². The number of aromatic nitrogens is 1. The summed E-state index contributed by atoms with van der Waals surface area (Å²) in [6, 6.07) is 20.0. The normalized spacial score (nSPS) is 11.2. The summed E-state index contributed by atoms with van der Waals surface area (Å²) < 4.78 is 8.26. The van der Waals surface area contributed by atoms with E-state index in [-0.39, 0.29) is 0 Å². The maximum atomic E-state index is 9.53. The number of rotatable bonds is 4. The number of nitriles is 1. The Bertz CT molecular complexity index is 962. The van der Waals surface area contributed by atoms with Crippen molar-refractivity contribution in [2.24, 2.45) is 0 Å². The Balaban J connectivity index is 1.97. The third kappa shape index (κ3) is 3.84. The molecular formula is C21H17BrN2O. The summed E-state index contributed by atoms with van der Waals surface area (Å²) >= 11 is 3.45. The van der Waals surface area contributed by atoms with Gasteiger partial charge >= 0.3 is 0 Å². The second-order valence-electron chi connectivity index (χ2n) is 5.66. The van der Waals surface area contributed by atoms with Gasteiger partial charge in [-0.2, -0.15) is 5.26 Å². The first-order valence-electron chi connectivity index (χ1n) is 7.82. The van der Waals surface area contributed by atoms with Crippen LogP contribution in [0.15, 0.2) is 65.3 Å². The largest absolute Gasteiger partial charge is 0.497 e. The summed E-state index contributed by atoms with van der Waals surface area (Å²) in [7, 11) is 1.66. The van der Waals surface area contributed by atoms with Gasteiger partial charge in [-0.15, -0.1) is 0 Å². The Labute approximate surface area is 155 Å². The first-order chi connectivity index (χ1) is 12.1. The van der Waals surface area contributed by atoms with Crippen molar-refractivity contribution in [2.45, 2.75) is 6.92 Å². The van der Waals surface area contributed by atoms with E-state index in [9.17, 15) is 5.26 Å². The quantitative estimate of drug-likeness (QED) is 0.540. The summed E-state index contributed by atoms with van der Waals surface area (Å²) in [5.74, 6) is 0.829. The molecule has 0 bridgehead atoms. The highest BCUT2D eigenvalue weighted by Gasteiger charge is 2.06. The number of halogens is 1. The number of methoxy groups -OCH3 is 1. The van der Waals surface area contributed by atoms with Crippen LogP contribution < -0.4 is 4.74 Å². The topological polar surface area (TPSA) is 38.0 Å². The Morgan fingerprint density at radius 1 is 1.16 bits per heavy atom. The van der Waals surface area contributed by atoms with E-state index in [0.717, 1.165) is 32.7 Å². The molecular weight excluding hydrogens is 376 g/mol. The number of benzene rings is 2. The van der Waals surface area contributed by atoms with Gasteiger partial charge in [0, 0.05) is 22.1 Å². The van der Waals surface area contributed by atoms with Crippen molar-refractivity contribution in [3.05, 3.63) is 82.1 Å². The summed E-state index contributed by atoms with van der Waals surface area (Å²) in [5, 5.41) is 9.53. The van der Waals surface area contributed by atoms with E-state index >= 15 is 0 Å². The zero-order valence-electron chi connectivity index (χ0n) is 14.0. The zero-order chi connectivity index (χ0) is 17.8. The van der Waals surface area contributed by atoms with E-state index in [1.807, 2.05) is 67.7 Å².